The van der Waals surface area contributed by atoms with E-state index in [0.29, 0.717) is 19.4 Å². The van der Waals surface area contributed by atoms with E-state index < -0.39 is 12.3 Å². The van der Waals surface area contributed by atoms with E-state index >= 15 is 0 Å². The van der Waals surface area contributed by atoms with Gasteiger partial charge in [-0.15, -0.1) is 0 Å². The number of carbonyl (C=O) groups is 1. The highest BCUT2D eigenvalue weighted by Gasteiger charge is 2.32. The Balaban J connectivity index is 1.89. The molecule has 0 radical (unpaired) electrons. The third-order valence-corrected chi connectivity index (χ3v) is 3.81. The summed E-state index contributed by atoms with van der Waals surface area (Å²) in [6, 6.07) is 0. The van der Waals surface area contributed by atoms with Gasteiger partial charge in [-0.25, -0.2) is 8.78 Å². The number of nitrogens with one attached hydrogen (secondary N) is 1. The zero-order chi connectivity index (χ0) is 12.3. The van der Waals surface area contributed by atoms with E-state index in [0.717, 1.165) is 25.9 Å². The third kappa shape index (κ3) is 3.15. The van der Waals surface area contributed by atoms with E-state index in [4.69, 9.17) is 0 Å². The second-order valence-corrected chi connectivity index (χ2v) is 5.05. The van der Waals surface area contributed by atoms with E-state index in [1.165, 1.54) is 0 Å². The van der Waals surface area contributed by atoms with Crippen LogP contribution in [0, 0.1) is 11.8 Å². The van der Waals surface area contributed by atoms with Crippen LogP contribution in [0.15, 0.2) is 0 Å². The van der Waals surface area contributed by atoms with Gasteiger partial charge in [0.2, 0.25) is 12.3 Å². The van der Waals surface area contributed by atoms with Crippen LogP contribution in [0.1, 0.15) is 25.7 Å². The molecule has 0 saturated carbocycles. The predicted octanol–water partition coefficient (Wildman–Crippen LogP) is 1.49. The molecule has 1 N–H and O–H groups in total. The van der Waals surface area contributed by atoms with Crippen LogP contribution in [0.25, 0.3) is 0 Å². The van der Waals surface area contributed by atoms with Gasteiger partial charge in [0.15, 0.2) is 0 Å². The van der Waals surface area contributed by atoms with Crippen molar-refractivity contribution in [2.75, 3.05) is 26.2 Å². The van der Waals surface area contributed by atoms with Crippen molar-refractivity contribution in [2.45, 2.75) is 32.1 Å². The van der Waals surface area contributed by atoms with E-state index in [1.807, 2.05) is 0 Å². The summed E-state index contributed by atoms with van der Waals surface area (Å²) < 4.78 is 25.3. The molecule has 17 heavy (non-hydrogen) atoms. The molecule has 0 aromatic rings. The summed E-state index contributed by atoms with van der Waals surface area (Å²) in [5.74, 6) is -0.473. The van der Waals surface area contributed by atoms with Gasteiger partial charge in [-0.2, -0.15) is 0 Å². The molecule has 2 rings (SSSR count). The number of rotatable bonds is 2. The molecule has 1 amide bonds. The quantitative estimate of drug-likeness (QED) is 0.800. The first-order valence-electron chi connectivity index (χ1n) is 6.46. The van der Waals surface area contributed by atoms with E-state index in [9.17, 15) is 13.6 Å². The number of likely N-dealkylation sites (tertiary alicyclic amines) is 1. The van der Waals surface area contributed by atoms with Crippen LogP contribution in [0.5, 0.6) is 0 Å². The normalized spacial score (nSPS) is 27.5. The minimum Gasteiger partial charge on any atom is -0.342 e. The Kier molecular flexibility index (Phi) is 4.31. The smallest absolute Gasteiger partial charge is 0.243 e. The molecule has 2 saturated heterocycles. The molecule has 0 aliphatic carbocycles. The number of amides is 1. The van der Waals surface area contributed by atoms with Gasteiger partial charge in [0.25, 0.3) is 0 Å². The molecular formula is C12H20F2N2O. The lowest BCUT2D eigenvalue weighted by molar-refractivity contribution is -0.139. The Bertz CT molecular complexity index is 267. The average Bonchev–Trinajstić information content (AvgIpc) is 2.39. The van der Waals surface area contributed by atoms with Crippen molar-refractivity contribution in [3.05, 3.63) is 0 Å². The first-order valence-corrected chi connectivity index (χ1v) is 6.46. The fourth-order valence-corrected chi connectivity index (χ4v) is 2.74. The zero-order valence-corrected chi connectivity index (χ0v) is 10.0. The highest BCUT2D eigenvalue weighted by molar-refractivity contribution is 5.79. The van der Waals surface area contributed by atoms with Gasteiger partial charge in [-0.05, 0) is 38.8 Å². The Morgan fingerprint density at radius 1 is 1.24 bits per heavy atom. The van der Waals surface area contributed by atoms with Gasteiger partial charge in [0, 0.05) is 24.9 Å². The second kappa shape index (κ2) is 5.76. The molecule has 0 bridgehead atoms. The first-order chi connectivity index (χ1) is 8.18. The molecule has 1 atom stereocenters. The SMILES string of the molecule is O=C(C1CCNCC1)N1CCC[C@H](C(F)F)C1. The van der Waals surface area contributed by atoms with Gasteiger partial charge in [-0.1, -0.05) is 0 Å². The van der Waals surface area contributed by atoms with E-state index in [-0.39, 0.29) is 18.4 Å². The molecule has 0 spiro atoms. The van der Waals surface area contributed by atoms with Gasteiger partial charge in [0.05, 0.1) is 0 Å². The lowest BCUT2D eigenvalue weighted by atomic mass is 9.93. The summed E-state index contributed by atoms with van der Waals surface area (Å²) in [6.45, 7) is 2.64. The molecule has 0 aromatic carbocycles. The number of nitrogens with zero attached hydrogens (tertiary/aromatic N) is 1. The largest absolute Gasteiger partial charge is 0.342 e. The van der Waals surface area contributed by atoms with Crippen molar-refractivity contribution >= 4 is 5.91 Å². The van der Waals surface area contributed by atoms with Gasteiger partial charge >= 0.3 is 0 Å². The molecule has 0 aromatic heterocycles. The molecule has 2 fully saturated rings. The van der Waals surface area contributed by atoms with Gasteiger partial charge < -0.3 is 10.2 Å². The van der Waals surface area contributed by atoms with Crippen molar-refractivity contribution in [1.29, 1.82) is 0 Å². The highest BCUT2D eigenvalue weighted by atomic mass is 19.3. The lowest BCUT2D eigenvalue weighted by Crippen LogP contribution is -2.46. The van der Waals surface area contributed by atoms with Crippen LogP contribution in [0.3, 0.4) is 0 Å². The zero-order valence-electron chi connectivity index (χ0n) is 10.0. The maximum atomic E-state index is 12.7. The van der Waals surface area contributed by atoms with Crippen molar-refractivity contribution in [3.8, 4) is 0 Å². The molecule has 2 heterocycles. The van der Waals surface area contributed by atoms with Crippen LogP contribution < -0.4 is 5.32 Å². The van der Waals surface area contributed by atoms with Crippen molar-refractivity contribution in [1.82, 2.24) is 10.2 Å². The van der Waals surface area contributed by atoms with Crippen molar-refractivity contribution in [3.63, 3.8) is 0 Å². The summed E-state index contributed by atoms with van der Waals surface area (Å²) in [4.78, 5) is 13.8. The summed E-state index contributed by atoms with van der Waals surface area (Å²) >= 11 is 0. The molecular weight excluding hydrogens is 226 g/mol. The summed E-state index contributed by atoms with van der Waals surface area (Å²) in [6.07, 6.45) is 0.654. The number of alkyl halides is 2. The predicted molar refractivity (Wildman–Crippen MR) is 60.9 cm³/mol. The molecule has 3 nitrogen and oxygen atoms in total. The Morgan fingerprint density at radius 3 is 2.59 bits per heavy atom. The van der Waals surface area contributed by atoms with E-state index in [2.05, 4.69) is 5.32 Å². The average molecular weight is 246 g/mol. The maximum Gasteiger partial charge on any atom is 0.243 e. The number of hydrogen-bond acceptors (Lipinski definition) is 2. The summed E-state index contributed by atoms with van der Waals surface area (Å²) in [5.41, 5.74) is 0. The topological polar surface area (TPSA) is 32.3 Å². The van der Waals surface area contributed by atoms with Crippen LogP contribution >= 0.6 is 0 Å². The van der Waals surface area contributed by atoms with Crippen molar-refractivity contribution in [2.24, 2.45) is 11.8 Å². The fraction of sp³-hybridized carbons (Fsp3) is 0.917. The fourth-order valence-electron chi connectivity index (χ4n) is 2.74. The summed E-state index contributed by atoms with van der Waals surface area (Å²) in [5, 5.41) is 3.21. The second-order valence-electron chi connectivity index (χ2n) is 5.05. The van der Waals surface area contributed by atoms with Crippen LogP contribution in [0.2, 0.25) is 0 Å². The molecule has 2 aliphatic rings. The third-order valence-electron chi connectivity index (χ3n) is 3.81. The molecule has 0 unspecified atom stereocenters. The molecule has 2 aliphatic heterocycles. The number of carbonyl (C=O) groups excluding carboxylic acids is 1. The number of piperidine rings is 2. The van der Waals surface area contributed by atoms with Gasteiger partial charge in [-0.3, -0.25) is 4.79 Å². The maximum absolute atomic E-state index is 12.7. The van der Waals surface area contributed by atoms with Crippen LogP contribution in [-0.4, -0.2) is 43.4 Å². The molecule has 5 heteroatoms. The Hall–Kier alpha value is -0.710. The minimum absolute atomic E-state index is 0.0488. The minimum atomic E-state index is -2.29. The van der Waals surface area contributed by atoms with Crippen LogP contribution in [-0.2, 0) is 4.79 Å². The standard InChI is InChI=1S/C12H20F2N2O/c13-11(14)10-2-1-7-16(8-10)12(17)9-3-5-15-6-4-9/h9-11,15H,1-8H2/t10-/m0/s1. The molecule has 98 valence electrons. The van der Waals surface area contributed by atoms with Crippen LogP contribution in [0.4, 0.5) is 8.78 Å². The van der Waals surface area contributed by atoms with Crippen molar-refractivity contribution < 1.29 is 13.6 Å². The van der Waals surface area contributed by atoms with E-state index in [1.54, 1.807) is 4.90 Å². The number of hydrogen-bond donors (Lipinski definition) is 1. The number of halogens is 2. The van der Waals surface area contributed by atoms with Gasteiger partial charge in [0.1, 0.15) is 0 Å². The monoisotopic (exact) mass is 246 g/mol. The summed E-state index contributed by atoms with van der Waals surface area (Å²) in [7, 11) is 0. The highest BCUT2D eigenvalue weighted by Crippen LogP contribution is 2.25. The first kappa shape index (κ1) is 12.7. The Morgan fingerprint density at radius 2 is 1.94 bits per heavy atom. The Labute approximate surface area is 101 Å². The lowest BCUT2D eigenvalue weighted by Gasteiger charge is -2.35.